The molecule has 0 heterocycles. The monoisotopic (exact) mass is 286 g/mol. The first-order chi connectivity index (χ1) is 8.98. The largest absolute Gasteiger partial charge is 0.490 e. The van der Waals surface area contributed by atoms with Gasteiger partial charge < -0.3 is 14.2 Å². The van der Waals surface area contributed by atoms with E-state index in [1.165, 1.54) is 0 Å². The number of halogens is 1. The van der Waals surface area contributed by atoms with Crippen LogP contribution in [-0.2, 0) is 10.6 Å². The van der Waals surface area contributed by atoms with Crippen LogP contribution in [0.3, 0.4) is 0 Å². The summed E-state index contributed by atoms with van der Waals surface area (Å²) in [5.41, 5.74) is 0.779. The highest BCUT2D eigenvalue weighted by Gasteiger charge is 2.12. The van der Waals surface area contributed by atoms with Gasteiger partial charge in [-0.15, -0.1) is 11.6 Å². The lowest BCUT2D eigenvalue weighted by atomic mass is 10.2. The molecule has 0 saturated heterocycles. The van der Waals surface area contributed by atoms with Gasteiger partial charge in [0.05, 0.1) is 24.7 Å². The second-order valence-corrected chi connectivity index (χ2v) is 5.39. The van der Waals surface area contributed by atoms with Crippen LogP contribution >= 0.6 is 11.6 Å². The van der Waals surface area contributed by atoms with E-state index in [2.05, 4.69) is 0 Å². The fourth-order valence-corrected chi connectivity index (χ4v) is 1.80. The lowest BCUT2D eigenvalue weighted by Gasteiger charge is -2.20. The Hall–Kier alpha value is -0.930. The molecule has 19 heavy (non-hydrogen) atoms. The molecule has 0 fully saturated rings. The number of alkyl halides is 1. The van der Waals surface area contributed by atoms with Crippen LogP contribution < -0.4 is 9.47 Å². The van der Waals surface area contributed by atoms with Crippen molar-refractivity contribution in [2.75, 3.05) is 19.8 Å². The predicted molar refractivity (Wildman–Crippen MR) is 78.4 cm³/mol. The van der Waals surface area contributed by atoms with Crippen LogP contribution in [0.4, 0.5) is 0 Å². The molecule has 0 saturated carbocycles. The number of hydrogen-bond acceptors (Lipinski definition) is 3. The summed E-state index contributed by atoms with van der Waals surface area (Å²) in [6.45, 7) is 9.61. The summed E-state index contributed by atoms with van der Waals surface area (Å²) in [5.74, 6) is 1.85. The van der Waals surface area contributed by atoms with Gasteiger partial charge in [-0.1, -0.05) is 12.1 Å². The van der Waals surface area contributed by atoms with E-state index in [1.807, 2.05) is 45.9 Å². The fourth-order valence-electron chi connectivity index (χ4n) is 1.59. The predicted octanol–water partition coefficient (Wildman–Crippen LogP) is 4.02. The minimum absolute atomic E-state index is 0.155. The molecule has 0 spiro atoms. The summed E-state index contributed by atoms with van der Waals surface area (Å²) in [7, 11) is 0. The Morgan fingerprint density at radius 2 is 1.84 bits per heavy atom. The highest BCUT2D eigenvalue weighted by atomic mass is 35.5. The third-order valence-electron chi connectivity index (χ3n) is 2.37. The fraction of sp³-hybridized carbons (Fsp3) is 0.600. The molecule has 0 aliphatic heterocycles. The molecule has 4 heteroatoms. The van der Waals surface area contributed by atoms with Crippen molar-refractivity contribution in [1.29, 1.82) is 0 Å². The first-order valence-corrected chi connectivity index (χ1v) is 7.08. The molecule has 1 aromatic carbocycles. The number of rotatable bonds is 7. The number of benzene rings is 1. The van der Waals surface area contributed by atoms with Crippen LogP contribution in [0.15, 0.2) is 18.2 Å². The van der Waals surface area contributed by atoms with Gasteiger partial charge in [0.15, 0.2) is 11.5 Å². The highest BCUT2D eigenvalue weighted by Crippen LogP contribution is 2.32. The van der Waals surface area contributed by atoms with E-state index in [0.29, 0.717) is 25.7 Å². The molecular weight excluding hydrogens is 264 g/mol. The first-order valence-electron chi connectivity index (χ1n) is 6.55. The number of para-hydroxylation sites is 1. The van der Waals surface area contributed by atoms with E-state index >= 15 is 0 Å². The molecule has 1 rings (SSSR count). The van der Waals surface area contributed by atoms with Gasteiger partial charge in [-0.3, -0.25) is 0 Å². The van der Waals surface area contributed by atoms with Crippen molar-refractivity contribution in [3.05, 3.63) is 23.8 Å². The van der Waals surface area contributed by atoms with Gasteiger partial charge in [0.25, 0.3) is 0 Å². The zero-order valence-electron chi connectivity index (χ0n) is 12.2. The second-order valence-electron chi connectivity index (χ2n) is 5.12. The normalized spacial score (nSPS) is 11.4. The molecule has 0 aliphatic carbocycles. The van der Waals surface area contributed by atoms with Crippen molar-refractivity contribution in [2.24, 2.45) is 0 Å². The summed E-state index contributed by atoms with van der Waals surface area (Å²) >= 11 is 5.92. The molecule has 0 atom stereocenters. The Balaban J connectivity index is 2.64. The van der Waals surface area contributed by atoms with E-state index < -0.39 is 0 Å². The summed E-state index contributed by atoms with van der Waals surface area (Å²) < 4.78 is 17.0. The highest BCUT2D eigenvalue weighted by molar-refractivity contribution is 6.17. The Bertz CT molecular complexity index is 385. The average molecular weight is 287 g/mol. The smallest absolute Gasteiger partial charge is 0.165 e. The maximum atomic E-state index is 5.92. The molecule has 0 amide bonds. The minimum atomic E-state index is -0.155. The Morgan fingerprint density at radius 3 is 2.42 bits per heavy atom. The molecule has 0 bridgehead atoms. The van der Waals surface area contributed by atoms with Gasteiger partial charge >= 0.3 is 0 Å². The molecule has 0 aliphatic rings. The molecule has 108 valence electrons. The van der Waals surface area contributed by atoms with Crippen molar-refractivity contribution in [3.8, 4) is 11.5 Å². The van der Waals surface area contributed by atoms with Crippen molar-refractivity contribution >= 4 is 11.6 Å². The van der Waals surface area contributed by atoms with Crippen LogP contribution in [0.2, 0.25) is 0 Å². The quantitative estimate of drug-likeness (QED) is 0.560. The molecule has 3 nitrogen and oxygen atoms in total. The molecule has 0 N–H and O–H groups in total. The van der Waals surface area contributed by atoms with E-state index in [1.54, 1.807) is 0 Å². The van der Waals surface area contributed by atoms with Gasteiger partial charge in [0.2, 0.25) is 0 Å². The van der Waals surface area contributed by atoms with E-state index in [9.17, 15) is 0 Å². The summed E-state index contributed by atoms with van der Waals surface area (Å²) in [6.07, 6.45) is 0. The zero-order valence-corrected chi connectivity index (χ0v) is 12.9. The minimum Gasteiger partial charge on any atom is -0.490 e. The summed E-state index contributed by atoms with van der Waals surface area (Å²) in [4.78, 5) is 0. The van der Waals surface area contributed by atoms with Gasteiger partial charge in [-0.05, 0) is 33.8 Å². The molecular formula is C15H23ClO3. The lowest BCUT2D eigenvalue weighted by molar-refractivity contribution is -0.0166. The maximum Gasteiger partial charge on any atom is 0.165 e. The van der Waals surface area contributed by atoms with Crippen LogP contribution in [0, 0.1) is 0 Å². The van der Waals surface area contributed by atoms with Gasteiger partial charge in [0.1, 0.15) is 6.61 Å². The topological polar surface area (TPSA) is 27.7 Å². The standard InChI is InChI=1S/C15H23ClO3/c1-5-17-13-8-6-7-12(11-16)14(13)18-9-10-19-15(2,3)4/h6-8H,5,9-11H2,1-4H3. The van der Waals surface area contributed by atoms with Crippen LogP contribution in [-0.4, -0.2) is 25.4 Å². The zero-order chi connectivity index (χ0) is 14.3. The molecule has 1 aromatic rings. The molecule has 0 radical (unpaired) electrons. The SMILES string of the molecule is CCOc1cccc(CCl)c1OCCOC(C)(C)C. The van der Waals surface area contributed by atoms with Crippen LogP contribution in [0.5, 0.6) is 11.5 Å². The van der Waals surface area contributed by atoms with E-state index in [-0.39, 0.29) is 5.60 Å². The van der Waals surface area contributed by atoms with Gasteiger partial charge in [0, 0.05) is 5.56 Å². The van der Waals surface area contributed by atoms with Crippen molar-refractivity contribution in [3.63, 3.8) is 0 Å². The van der Waals surface area contributed by atoms with E-state index in [0.717, 1.165) is 17.1 Å². The third-order valence-corrected chi connectivity index (χ3v) is 2.66. The van der Waals surface area contributed by atoms with Gasteiger partial charge in [-0.2, -0.15) is 0 Å². The molecule has 0 unspecified atom stereocenters. The summed E-state index contributed by atoms with van der Waals surface area (Å²) in [5, 5.41) is 0. The van der Waals surface area contributed by atoms with E-state index in [4.69, 9.17) is 25.8 Å². The Labute approximate surface area is 120 Å². The number of hydrogen-bond donors (Lipinski definition) is 0. The number of ether oxygens (including phenoxy) is 3. The maximum absolute atomic E-state index is 5.92. The summed E-state index contributed by atoms with van der Waals surface area (Å²) in [6, 6.07) is 5.75. The molecule has 0 aromatic heterocycles. The third kappa shape index (κ3) is 5.70. The second kappa shape index (κ2) is 7.61. The Morgan fingerprint density at radius 1 is 1.11 bits per heavy atom. The van der Waals surface area contributed by atoms with Crippen LogP contribution in [0.25, 0.3) is 0 Å². The van der Waals surface area contributed by atoms with Crippen molar-refractivity contribution in [2.45, 2.75) is 39.2 Å². The lowest BCUT2D eigenvalue weighted by Crippen LogP contribution is -2.22. The Kier molecular flexibility index (Phi) is 6.46. The van der Waals surface area contributed by atoms with Crippen molar-refractivity contribution in [1.82, 2.24) is 0 Å². The first kappa shape index (κ1) is 16.1. The van der Waals surface area contributed by atoms with Crippen molar-refractivity contribution < 1.29 is 14.2 Å². The average Bonchev–Trinajstić information content (AvgIpc) is 2.35. The van der Waals surface area contributed by atoms with Gasteiger partial charge in [-0.25, -0.2) is 0 Å². The van der Waals surface area contributed by atoms with Crippen LogP contribution in [0.1, 0.15) is 33.3 Å².